The van der Waals surface area contributed by atoms with Gasteiger partial charge in [0.05, 0.1) is 4.90 Å². The topological polar surface area (TPSA) is 89.3 Å². The molecule has 1 aliphatic rings. The van der Waals surface area contributed by atoms with E-state index in [9.17, 15) is 13.2 Å². The standard InChI is InChI=1S/C14H20N2O3S/c1-9-3-4-12(7-13(9)20(15,18)19)14(17)16-8-10(2)11-5-6-11/h3-4,7,10-11H,5-6,8H2,1-2H3,(H,16,17)(H2,15,18,19). The molecule has 3 N–H and O–H groups in total. The number of rotatable bonds is 5. The average Bonchev–Trinajstić information content (AvgIpc) is 3.18. The molecule has 0 bridgehead atoms. The Kier molecular flexibility index (Phi) is 4.15. The lowest BCUT2D eigenvalue weighted by Gasteiger charge is -2.12. The van der Waals surface area contributed by atoms with E-state index in [1.165, 1.54) is 18.9 Å². The van der Waals surface area contributed by atoms with Crippen LogP contribution in [0.2, 0.25) is 0 Å². The molecule has 1 atom stereocenters. The molecule has 6 heteroatoms. The minimum atomic E-state index is -3.80. The van der Waals surface area contributed by atoms with Crippen LogP contribution in [-0.4, -0.2) is 20.9 Å². The van der Waals surface area contributed by atoms with Crippen molar-refractivity contribution < 1.29 is 13.2 Å². The minimum Gasteiger partial charge on any atom is -0.352 e. The molecule has 1 aliphatic carbocycles. The molecule has 1 fully saturated rings. The molecule has 2 rings (SSSR count). The van der Waals surface area contributed by atoms with Gasteiger partial charge in [-0.05, 0) is 49.3 Å². The van der Waals surface area contributed by atoms with Gasteiger partial charge in [-0.25, -0.2) is 13.6 Å². The highest BCUT2D eigenvalue weighted by Gasteiger charge is 2.28. The van der Waals surface area contributed by atoms with E-state index in [0.717, 1.165) is 0 Å². The normalized spacial score (nSPS) is 16.8. The van der Waals surface area contributed by atoms with Gasteiger partial charge in [0.2, 0.25) is 10.0 Å². The summed E-state index contributed by atoms with van der Waals surface area (Å²) in [6.45, 7) is 4.38. The van der Waals surface area contributed by atoms with Gasteiger partial charge in [0.15, 0.2) is 0 Å². The summed E-state index contributed by atoms with van der Waals surface area (Å²) in [5.41, 5.74) is 0.859. The number of carbonyl (C=O) groups is 1. The van der Waals surface area contributed by atoms with E-state index in [1.807, 2.05) is 0 Å². The van der Waals surface area contributed by atoms with E-state index in [2.05, 4.69) is 12.2 Å². The summed E-state index contributed by atoms with van der Waals surface area (Å²) in [4.78, 5) is 12.0. The summed E-state index contributed by atoms with van der Waals surface area (Å²) >= 11 is 0. The van der Waals surface area contributed by atoms with Crippen LogP contribution in [0.5, 0.6) is 0 Å². The van der Waals surface area contributed by atoms with Crippen molar-refractivity contribution in [2.45, 2.75) is 31.6 Å². The highest BCUT2D eigenvalue weighted by molar-refractivity contribution is 7.89. The number of hydrogen-bond donors (Lipinski definition) is 2. The first-order valence-corrected chi connectivity index (χ1v) is 8.25. The first kappa shape index (κ1) is 15.0. The molecule has 0 aliphatic heterocycles. The Morgan fingerprint density at radius 2 is 2.10 bits per heavy atom. The summed E-state index contributed by atoms with van der Waals surface area (Å²) < 4.78 is 22.9. The zero-order valence-electron chi connectivity index (χ0n) is 11.7. The molecule has 0 spiro atoms. The number of hydrogen-bond acceptors (Lipinski definition) is 3. The number of benzene rings is 1. The second-order valence-corrected chi connectivity index (χ2v) is 7.08. The number of aryl methyl sites for hydroxylation is 1. The van der Waals surface area contributed by atoms with Crippen LogP contribution >= 0.6 is 0 Å². The predicted molar refractivity (Wildman–Crippen MR) is 76.8 cm³/mol. The minimum absolute atomic E-state index is 0.000362. The number of primary sulfonamides is 1. The summed E-state index contributed by atoms with van der Waals surface area (Å²) in [6.07, 6.45) is 2.47. The van der Waals surface area contributed by atoms with Gasteiger partial charge in [-0.2, -0.15) is 0 Å². The molecule has 0 heterocycles. The molecule has 5 nitrogen and oxygen atoms in total. The average molecular weight is 296 g/mol. The lowest BCUT2D eigenvalue weighted by atomic mass is 10.1. The maximum Gasteiger partial charge on any atom is 0.251 e. The fourth-order valence-electron chi connectivity index (χ4n) is 2.24. The van der Waals surface area contributed by atoms with Gasteiger partial charge in [0.1, 0.15) is 0 Å². The van der Waals surface area contributed by atoms with Crippen molar-refractivity contribution in [1.82, 2.24) is 5.32 Å². The zero-order valence-corrected chi connectivity index (χ0v) is 12.5. The lowest BCUT2D eigenvalue weighted by molar-refractivity contribution is 0.0946. The van der Waals surface area contributed by atoms with Crippen LogP contribution in [0, 0.1) is 18.8 Å². The first-order chi connectivity index (χ1) is 9.29. The maximum absolute atomic E-state index is 12.0. The van der Waals surface area contributed by atoms with Crippen molar-refractivity contribution in [2.24, 2.45) is 17.0 Å². The number of amides is 1. The second-order valence-electron chi connectivity index (χ2n) is 5.55. The second kappa shape index (κ2) is 5.54. The van der Waals surface area contributed by atoms with Crippen molar-refractivity contribution in [2.75, 3.05) is 6.54 Å². The number of carbonyl (C=O) groups excluding carboxylic acids is 1. The van der Waals surface area contributed by atoms with Crippen molar-refractivity contribution in [1.29, 1.82) is 0 Å². The quantitative estimate of drug-likeness (QED) is 0.861. The van der Waals surface area contributed by atoms with E-state index in [4.69, 9.17) is 5.14 Å². The van der Waals surface area contributed by atoms with E-state index in [-0.39, 0.29) is 10.8 Å². The molecule has 1 aromatic rings. The summed E-state index contributed by atoms with van der Waals surface area (Å²) in [5, 5.41) is 7.98. The highest BCUT2D eigenvalue weighted by atomic mass is 32.2. The summed E-state index contributed by atoms with van der Waals surface area (Å²) in [6, 6.07) is 4.54. The van der Waals surface area contributed by atoms with E-state index in [1.54, 1.807) is 19.1 Å². The van der Waals surface area contributed by atoms with Crippen LogP contribution in [0.1, 0.15) is 35.7 Å². The number of nitrogens with two attached hydrogens (primary N) is 1. The van der Waals surface area contributed by atoms with Crippen LogP contribution in [0.4, 0.5) is 0 Å². The van der Waals surface area contributed by atoms with Crippen molar-refractivity contribution in [3.63, 3.8) is 0 Å². The van der Waals surface area contributed by atoms with Gasteiger partial charge >= 0.3 is 0 Å². The Morgan fingerprint density at radius 1 is 1.45 bits per heavy atom. The van der Waals surface area contributed by atoms with Crippen LogP contribution in [0.15, 0.2) is 23.1 Å². The smallest absolute Gasteiger partial charge is 0.251 e. The van der Waals surface area contributed by atoms with Crippen LogP contribution in [0.3, 0.4) is 0 Å². The zero-order chi connectivity index (χ0) is 14.9. The van der Waals surface area contributed by atoms with Gasteiger partial charge in [0.25, 0.3) is 5.91 Å². The van der Waals surface area contributed by atoms with Gasteiger partial charge in [0, 0.05) is 12.1 Å². The van der Waals surface area contributed by atoms with Crippen molar-refractivity contribution >= 4 is 15.9 Å². The van der Waals surface area contributed by atoms with Gasteiger partial charge in [-0.15, -0.1) is 0 Å². The Labute approximate surface area is 119 Å². The molecule has 1 saturated carbocycles. The van der Waals surface area contributed by atoms with Crippen molar-refractivity contribution in [3.05, 3.63) is 29.3 Å². The largest absolute Gasteiger partial charge is 0.352 e. The summed E-state index contributed by atoms with van der Waals surface area (Å²) in [5.74, 6) is 0.915. The Morgan fingerprint density at radius 3 is 2.65 bits per heavy atom. The molecule has 1 aromatic carbocycles. The molecule has 1 amide bonds. The number of sulfonamides is 1. The Hall–Kier alpha value is -1.40. The fraction of sp³-hybridized carbons (Fsp3) is 0.500. The van der Waals surface area contributed by atoms with E-state index in [0.29, 0.717) is 29.5 Å². The molecule has 110 valence electrons. The third-order valence-electron chi connectivity index (χ3n) is 3.77. The third kappa shape index (κ3) is 3.58. The van der Waals surface area contributed by atoms with Crippen molar-refractivity contribution in [3.8, 4) is 0 Å². The Bertz CT molecular complexity index is 621. The maximum atomic E-state index is 12.0. The molecule has 0 radical (unpaired) electrons. The highest BCUT2D eigenvalue weighted by Crippen LogP contribution is 2.36. The van der Waals surface area contributed by atoms with E-state index >= 15 is 0 Å². The van der Waals surface area contributed by atoms with Gasteiger partial charge in [-0.1, -0.05) is 13.0 Å². The summed E-state index contributed by atoms with van der Waals surface area (Å²) in [7, 11) is -3.80. The van der Waals surface area contributed by atoms with E-state index < -0.39 is 10.0 Å². The van der Waals surface area contributed by atoms with Gasteiger partial charge < -0.3 is 5.32 Å². The SMILES string of the molecule is Cc1ccc(C(=O)NCC(C)C2CC2)cc1S(N)(=O)=O. The van der Waals surface area contributed by atoms with Crippen LogP contribution in [-0.2, 0) is 10.0 Å². The molecule has 1 unspecified atom stereocenters. The predicted octanol–water partition coefficient (Wildman–Crippen LogP) is 1.42. The first-order valence-electron chi connectivity index (χ1n) is 6.70. The third-order valence-corrected chi connectivity index (χ3v) is 4.82. The molecule has 20 heavy (non-hydrogen) atoms. The number of nitrogens with one attached hydrogen (secondary N) is 1. The molecular weight excluding hydrogens is 276 g/mol. The van der Waals surface area contributed by atoms with Crippen LogP contribution in [0.25, 0.3) is 0 Å². The molecule has 0 saturated heterocycles. The van der Waals surface area contributed by atoms with Crippen LogP contribution < -0.4 is 10.5 Å². The lowest BCUT2D eigenvalue weighted by Crippen LogP contribution is -2.29. The Balaban J connectivity index is 2.10. The monoisotopic (exact) mass is 296 g/mol. The van der Waals surface area contributed by atoms with Gasteiger partial charge in [-0.3, -0.25) is 4.79 Å². The molecule has 0 aromatic heterocycles. The fourth-order valence-corrected chi connectivity index (χ4v) is 3.04. The molecular formula is C14H20N2O3S.